The minimum absolute atomic E-state index is 0.195. The normalized spacial score (nSPS) is 27.8. The number of nitrogens with zero attached hydrogens (tertiary/aromatic N) is 1. The van der Waals surface area contributed by atoms with Crippen LogP contribution < -0.4 is 10.6 Å². The molecule has 114 valence electrons. The first-order chi connectivity index (χ1) is 10.3. The average molecular weight is 286 g/mol. The van der Waals surface area contributed by atoms with Crippen molar-refractivity contribution in [3.8, 4) is 0 Å². The second kappa shape index (κ2) is 5.20. The topological polar surface area (TPSA) is 38.5 Å². The lowest BCUT2D eigenvalue weighted by atomic mass is 9.86. The highest BCUT2D eigenvalue weighted by Crippen LogP contribution is 2.43. The van der Waals surface area contributed by atoms with Crippen LogP contribution in [-0.2, 0) is 11.2 Å². The summed E-state index contributed by atoms with van der Waals surface area (Å²) in [5, 5.41) is 0. The Morgan fingerprint density at radius 1 is 1.19 bits per heavy atom. The predicted octanol–water partition coefficient (Wildman–Crippen LogP) is 3.51. The van der Waals surface area contributed by atoms with Gasteiger partial charge in [0, 0.05) is 30.6 Å². The minimum Gasteiger partial charge on any atom is -0.398 e. The fourth-order valence-corrected chi connectivity index (χ4v) is 4.70. The van der Waals surface area contributed by atoms with Crippen LogP contribution in [0.2, 0.25) is 0 Å². The Balaban J connectivity index is 1.61. The van der Waals surface area contributed by atoms with Crippen molar-refractivity contribution >= 4 is 11.4 Å². The highest BCUT2D eigenvalue weighted by molar-refractivity contribution is 5.66. The monoisotopic (exact) mass is 286 g/mol. The maximum atomic E-state index is 6.21. The molecule has 1 spiro atoms. The first-order valence-corrected chi connectivity index (χ1v) is 8.55. The molecule has 1 saturated heterocycles. The third-order valence-electron chi connectivity index (χ3n) is 5.75. The number of anilines is 2. The minimum atomic E-state index is 0.195. The van der Waals surface area contributed by atoms with E-state index >= 15 is 0 Å². The summed E-state index contributed by atoms with van der Waals surface area (Å²) in [7, 11) is 0. The molecule has 0 aromatic heterocycles. The molecule has 0 bridgehead atoms. The molecule has 21 heavy (non-hydrogen) atoms. The summed E-state index contributed by atoms with van der Waals surface area (Å²) in [6.07, 6.45) is 9.95. The molecule has 0 radical (unpaired) electrons. The number of ether oxygens (including phenoxy) is 1. The van der Waals surface area contributed by atoms with Crippen molar-refractivity contribution in [1.82, 2.24) is 0 Å². The van der Waals surface area contributed by atoms with E-state index in [0.29, 0.717) is 6.04 Å². The van der Waals surface area contributed by atoms with E-state index in [1.165, 1.54) is 56.3 Å². The smallest absolute Gasteiger partial charge is 0.0702 e. The van der Waals surface area contributed by atoms with Crippen molar-refractivity contribution in [1.29, 1.82) is 0 Å². The van der Waals surface area contributed by atoms with Crippen LogP contribution in [-0.4, -0.2) is 24.8 Å². The van der Waals surface area contributed by atoms with Gasteiger partial charge in [-0.1, -0.05) is 18.9 Å². The molecule has 1 saturated carbocycles. The molecule has 1 aromatic rings. The van der Waals surface area contributed by atoms with Gasteiger partial charge in [0.05, 0.1) is 5.60 Å². The fourth-order valence-electron chi connectivity index (χ4n) is 4.70. The average Bonchev–Trinajstić information content (AvgIpc) is 2.95. The lowest BCUT2D eigenvalue weighted by Crippen LogP contribution is -2.49. The molecule has 0 amide bonds. The molecule has 1 aliphatic carbocycles. The quantitative estimate of drug-likeness (QED) is 0.803. The van der Waals surface area contributed by atoms with E-state index in [1.807, 2.05) is 6.07 Å². The van der Waals surface area contributed by atoms with Crippen molar-refractivity contribution in [2.24, 2.45) is 0 Å². The molecule has 2 fully saturated rings. The van der Waals surface area contributed by atoms with Crippen molar-refractivity contribution in [2.75, 3.05) is 23.8 Å². The lowest BCUT2D eigenvalue weighted by Gasteiger charge is -2.46. The Hall–Kier alpha value is -1.22. The molecular formula is C18H26N2O. The van der Waals surface area contributed by atoms with Crippen molar-refractivity contribution < 1.29 is 4.74 Å². The van der Waals surface area contributed by atoms with Crippen LogP contribution in [0.3, 0.4) is 0 Å². The summed E-state index contributed by atoms with van der Waals surface area (Å²) in [4.78, 5) is 2.64. The van der Waals surface area contributed by atoms with Gasteiger partial charge in [-0.05, 0) is 56.2 Å². The number of nitrogen functional groups attached to an aromatic ring is 1. The Kier molecular flexibility index (Phi) is 3.33. The molecule has 3 heteroatoms. The maximum absolute atomic E-state index is 6.21. The van der Waals surface area contributed by atoms with Gasteiger partial charge >= 0.3 is 0 Å². The fraction of sp³-hybridized carbons (Fsp3) is 0.667. The SMILES string of the molecule is Nc1cccc2c1CCCN2C1CCOC2(CCCC2)C1. The van der Waals surface area contributed by atoms with Crippen LogP contribution in [0.5, 0.6) is 0 Å². The molecule has 4 rings (SSSR count). The standard InChI is InChI=1S/C18H26N2O/c19-16-6-3-7-17-15(16)5-4-11-20(17)14-8-12-21-18(13-14)9-1-2-10-18/h3,6-7,14H,1-2,4-5,8-13,19H2. The number of nitrogens with two attached hydrogens (primary N) is 1. The molecule has 3 nitrogen and oxygen atoms in total. The molecule has 1 unspecified atom stereocenters. The number of rotatable bonds is 1. The zero-order chi connectivity index (χ0) is 14.3. The first kappa shape index (κ1) is 13.4. The van der Waals surface area contributed by atoms with E-state index < -0.39 is 0 Å². The van der Waals surface area contributed by atoms with Crippen molar-refractivity contribution in [3.63, 3.8) is 0 Å². The summed E-state index contributed by atoms with van der Waals surface area (Å²) in [6, 6.07) is 7.06. The number of hydrogen-bond acceptors (Lipinski definition) is 3. The molecular weight excluding hydrogens is 260 g/mol. The van der Waals surface area contributed by atoms with Gasteiger partial charge in [0.2, 0.25) is 0 Å². The van der Waals surface area contributed by atoms with Crippen LogP contribution in [0.25, 0.3) is 0 Å². The van der Waals surface area contributed by atoms with E-state index in [-0.39, 0.29) is 5.60 Å². The van der Waals surface area contributed by atoms with Gasteiger partial charge in [-0.25, -0.2) is 0 Å². The summed E-state index contributed by atoms with van der Waals surface area (Å²) >= 11 is 0. The van der Waals surface area contributed by atoms with E-state index in [4.69, 9.17) is 10.5 Å². The Morgan fingerprint density at radius 3 is 2.90 bits per heavy atom. The summed E-state index contributed by atoms with van der Waals surface area (Å²) < 4.78 is 6.21. The largest absolute Gasteiger partial charge is 0.398 e. The van der Waals surface area contributed by atoms with E-state index in [2.05, 4.69) is 17.0 Å². The first-order valence-electron chi connectivity index (χ1n) is 8.55. The van der Waals surface area contributed by atoms with Crippen LogP contribution >= 0.6 is 0 Å². The Labute approximate surface area is 127 Å². The Morgan fingerprint density at radius 2 is 2.05 bits per heavy atom. The van der Waals surface area contributed by atoms with Gasteiger partial charge in [0.25, 0.3) is 0 Å². The van der Waals surface area contributed by atoms with E-state index in [1.54, 1.807) is 0 Å². The predicted molar refractivity (Wildman–Crippen MR) is 86.7 cm³/mol. The number of fused-ring (bicyclic) bond motifs is 1. The second-order valence-electron chi connectivity index (χ2n) is 7.03. The van der Waals surface area contributed by atoms with Gasteiger partial charge in [-0.15, -0.1) is 0 Å². The molecule has 3 aliphatic rings. The van der Waals surface area contributed by atoms with Crippen molar-refractivity contribution in [3.05, 3.63) is 23.8 Å². The summed E-state index contributed by atoms with van der Waals surface area (Å²) in [5.74, 6) is 0. The Bertz CT molecular complexity index is 522. The van der Waals surface area contributed by atoms with Gasteiger partial charge in [0.15, 0.2) is 0 Å². The third kappa shape index (κ3) is 2.32. The maximum Gasteiger partial charge on any atom is 0.0702 e. The molecule has 1 atom stereocenters. The van der Waals surface area contributed by atoms with Crippen molar-refractivity contribution in [2.45, 2.75) is 63.0 Å². The second-order valence-corrected chi connectivity index (χ2v) is 7.03. The van der Waals surface area contributed by atoms with Gasteiger partial charge in [-0.3, -0.25) is 0 Å². The van der Waals surface area contributed by atoms with Crippen LogP contribution in [0.1, 0.15) is 50.5 Å². The van der Waals surface area contributed by atoms with Gasteiger partial charge in [0.1, 0.15) is 0 Å². The van der Waals surface area contributed by atoms with Crippen LogP contribution in [0.15, 0.2) is 18.2 Å². The zero-order valence-electron chi connectivity index (χ0n) is 12.8. The molecule has 1 aromatic carbocycles. The molecule has 2 aliphatic heterocycles. The lowest BCUT2D eigenvalue weighted by molar-refractivity contribution is -0.0801. The highest BCUT2D eigenvalue weighted by Gasteiger charge is 2.42. The third-order valence-corrected chi connectivity index (χ3v) is 5.75. The van der Waals surface area contributed by atoms with E-state index in [9.17, 15) is 0 Å². The highest BCUT2D eigenvalue weighted by atomic mass is 16.5. The number of benzene rings is 1. The van der Waals surface area contributed by atoms with E-state index in [0.717, 1.165) is 25.1 Å². The zero-order valence-corrected chi connectivity index (χ0v) is 12.8. The summed E-state index contributed by atoms with van der Waals surface area (Å²) in [6.45, 7) is 2.11. The molecule has 2 heterocycles. The summed E-state index contributed by atoms with van der Waals surface area (Å²) in [5.41, 5.74) is 10.1. The number of hydrogen-bond donors (Lipinski definition) is 1. The van der Waals surface area contributed by atoms with Gasteiger partial charge in [-0.2, -0.15) is 0 Å². The van der Waals surface area contributed by atoms with Crippen LogP contribution in [0, 0.1) is 0 Å². The van der Waals surface area contributed by atoms with Crippen LogP contribution in [0.4, 0.5) is 11.4 Å². The van der Waals surface area contributed by atoms with Gasteiger partial charge < -0.3 is 15.4 Å². The molecule has 2 N–H and O–H groups in total.